The minimum atomic E-state index is -1.69. The van der Waals surface area contributed by atoms with Gasteiger partial charge < -0.3 is 4.43 Å². The molecule has 8 heteroatoms. The summed E-state index contributed by atoms with van der Waals surface area (Å²) in [4.78, 5) is 5.59. The lowest BCUT2D eigenvalue weighted by atomic mass is 9.97. The zero-order valence-electron chi connectivity index (χ0n) is 10.2. The van der Waals surface area contributed by atoms with Crippen molar-refractivity contribution in [3.8, 4) is 0 Å². The molecule has 1 rings (SSSR count). The molecular weight excluding hydrogens is 236 g/mol. The lowest BCUT2D eigenvalue weighted by Gasteiger charge is -2.28. The molecule has 2 atom stereocenters. The molecule has 0 aromatic heterocycles. The first-order valence-corrected chi connectivity index (χ1v) is 8.83. The van der Waals surface area contributed by atoms with Gasteiger partial charge in [-0.2, -0.15) is 0 Å². The van der Waals surface area contributed by atoms with E-state index >= 15 is 0 Å². The standard InChI is InChI=1S/C9H16N6OSi/c1-17(2,3)16-9-5-7(12-14-10)4-8(6-9)13-15-11/h5,7-8H,4,6H2,1-3H3/t7-,8+/m0/s1. The highest BCUT2D eigenvalue weighted by molar-refractivity contribution is 6.70. The lowest BCUT2D eigenvalue weighted by Crippen LogP contribution is -2.29. The molecule has 1 aliphatic rings. The average Bonchev–Trinajstić information content (AvgIpc) is 2.15. The van der Waals surface area contributed by atoms with Crippen LogP contribution >= 0.6 is 0 Å². The summed E-state index contributed by atoms with van der Waals surface area (Å²) in [5, 5.41) is 7.34. The molecule has 0 aromatic carbocycles. The maximum Gasteiger partial charge on any atom is 0.241 e. The predicted molar refractivity (Wildman–Crippen MR) is 67.6 cm³/mol. The number of azide groups is 2. The van der Waals surface area contributed by atoms with E-state index in [-0.39, 0.29) is 12.1 Å². The van der Waals surface area contributed by atoms with Crippen LogP contribution in [0.5, 0.6) is 0 Å². The van der Waals surface area contributed by atoms with Crippen molar-refractivity contribution in [2.75, 3.05) is 0 Å². The van der Waals surface area contributed by atoms with E-state index in [0.29, 0.717) is 12.8 Å². The van der Waals surface area contributed by atoms with Crippen molar-refractivity contribution < 1.29 is 4.43 Å². The quantitative estimate of drug-likeness (QED) is 0.322. The average molecular weight is 252 g/mol. The second kappa shape index (κ2) is 5.63. The lowest BCUT2D eigenvalue weighted by molar-refractivity contribution is 0.355. The van der Waals surface area contributed by atoms with Gasteiger partial charge in [0.15, 0.2) is 0 Å². The monoisotopic (exact) mass is 252 g/mol. The summed E-state index contributed by atoms with van der Waals surface area (Å²) in [7, 11) is -1.69. The molecule has 1 aliphatic carbocycles. The van der Waals surface area contributed by atoms with E-state index < -0.39 is 8.32 Å². The summed E-state index contributed by atoms with van der Waals surface area (Å²) in [6.07, 6.45) is 2.97. The summed E-state index contributed by atoms with van der Waals surface area (Å²) in [5.74, 6) is 0.783. The Morgan fingerprint density at radius 2 is 1.94 bits per heavy atom. The Bertz CT molecular complexity index is 402. The summed E-state index contributed by atoms with van der Waals surface area (Å²) >= 11 is 0. The van der Waals surface area contributed by atoms with Crippen LogP contribution in [0.2, 0.25) is 19.6 Å². The zero-order chi connectivity index (χ0) is 12.9. The highest BCUT2D eigenvalue weighted by Crippen LogP contribution is 2.26. The molecule has 0 saturated heterocycles. The van der Waals surface area contributed by atoms with Gasteiger partial charge >= 0.3 is 0 Å². The summed E-state index contributed by atoms with van der Waals surface area (Å²) in [6, 6.07) is -0.470. The van der Waals surface area contributed by atoms with Crippen LogP contribution in [0.15, 0.2) is 22.1 Å². The molecule has 0 heterocycles. The van der Waals surface area contributed by atoms with Gasteiger partial charge in [0.2, 0.25) is 8.32 Å². The van der Waals surface area contributed by atoms with Crippen molar-refractivity contribution >= 4 is 8.32 Å². The molecule has 0 N–H and O–H groups in total. The van der Waals surface area contributed by atoms with Crippen LogP contribution in [-0.4, -0.2) is 20.4 Å². The SMILES string of the molecule is C[Si](C)(C)OC1=C[C@@H](N=[N+]=[N-])C[C@@H](N=[N+]=[N-])C1. The van der Waals surface area contributed by atoms with Crippen molar-refractivity contribution in [2.45, 2.75) is 44.6 Å². The van der Waals surface area contributed by atoms with Crippen LogP contribution in [0.3, 0.4) is 0 Å². The molecule has 0 amide bonds. The van der Waals surface area contributed by atoms with Crippen LogP contribution in [0.4, 0.5) is 0 Å². The molecule has 0 aromatic rings. The number of hydrogen-bond donors (Lipinski definition) is 0. The summed E-state index contributed by atoms with van der Waals surface area (Å²) in [5.41, 5.74) is 16.9. The van der Waals surface area contributed by atoms with E-state index in [1.807, 2.05) is 6.08 Å². The van der Waals surface area contributed by atoms with Crippen LogP contribution in [-0.2, 0) is 4.43 Å². The van der Waals surface area contributed by atoms with E-state index in [9.17, 15) is 0 Å². The van der Waals surface area contributed by atoms with Gasteiger partial charge in [-0.15, -0.1) is 0 Å². The Balaban J connectivity index is 2.86. The van der Waals surface area contributed by atoms with Crippen LogP contribution in [0.25, 0.3) is 20.9 Å². The van der Waals surface area contributed by atoms with E-state index in [0.717, 1.165) is 5.76 Å². The molecule has 7 nitrogen and oxygen atoms in total. The van der Waals surface area contributed by atoms with Crippen LogP contribution in [0.1, 0.15) is 12.8 Å². The second-order valence-electron chi connectivity index (χ2n) is 4.92. The Labute approximate surface area is 101 Å². The fraction of sp³-hybridized carbons (Fsp3) is 0.778. The van der Waals surface area contributed by atoms with Crippen molar-refractivity contribution in [3.63, 3.8) is 0 Å². The Kier molecular flexibility index (Phi) is 4.45. The largest absolute Gasteiger partial charge is 0.548 e. The van der Waals surface area contributed by atoms with Crippen molar-refractivity contribution in [1.82, 2.24) is 0 Å². The smallest absolute Gasteiger partial charge is 0.241 e. The Morgan fingerprint density at radius 1 is 1.29 bits per heavy atom. The first-order valence-electron chi connectivity index (χ1n) is 5.42. The highest BCUT2D eigenvalue weighted by atomic mass is 28.4. The van der Waals surface area contributed by atoms with Crippen LogP contribution in [0, 0.1) is 0 Å². The molecule has 0 saturated carbocycles. The highest BCUT2D eigenvalue weighted by Gasteiger charge is 2.25. The molecule has 17 heavy (non-hydrogen) atoms. The Morgan fingerprint density at radius 3 is 2.47 bits per heavy atom. The molecular formula is C9H16N6OSi. The van der Waals surface area contributed by atoms with Crippen molar-refractivity contribution in [2.24, 2.45) is 10.2 Å². The first kappa shape index (κ1) is 13.4. The van der Waals surface area contributed by atoms with Crippen LogP contribution < -0.4 is 0 Å². The van der Waals surface area contributed by atoms with Gasteiger partial charge in [0.05, 0.1) is 11.8 Å². The van der Waals surface area contributed by atoms with Gasteiger partial charge in [0, 0.05) is 22.3 Å². The van der Waals surface area contributed by atoms with Crippen molar-refractivity contribution in [1.29, 1.82) is 0 Å². The maximum atomic E-state index is 8.46. The first-order chi connectivity index (χ1) is 7.94. The summed E-state index contributed by atoms with van der Waals surface area (Å²) in [6.45, 7) is 6.23. The normalized spacial score (nSPS) is 24.1. The third-order valence-electron chi connectivity index (χ3n) is 2.18. The van der Waals surface area contributed by atoms with Gasteiger partial charge in [0.1, 0.15) is 0 Å². The fourth-order valence-electron chi connectivity index (χ4n) is 1.72. The zero-order valence-corrected chi connectivity index (χ0v) is 11.2. The third-order valence-corrected chi connectivity index (χ3v) is 3.06. The van der Waals surface area contributed by atoms with Gasteiger partial charge in [-0.05, 0) is 43.2 Å². The Hall–Kier alpha value is -1.62. The maximum absolute atomic E-state index is 8.46. The van der Waals surface area contributed by atoms with Gasteiger partial charge in [-0.25, -0.2) is 0 Å². The minimum absolute atomic E-state index is 0.188. The number of hydrogen-bond acceptors (Lipinski definition) is 3. The van der Waals surface area contributed by atoms with Gasteiger partial charge in [-0.3, -0.25) is 0 Å². The number of rotatable bonds is 4. The minimum Gasteiger partial charge on any atom is -0.548 e. The van der Waals surface area contributed by atoms with Crippen molar-refractivity contribution in [3.05, 3.63) is 32.7 Å². The molecule has 0 radical (unpaired) electrons. The van der Waals surface area contributed by atoms with E-state index in [1.54, 1.807) is 0 Å². The van der Waals surface area contributed by atoms with E-state index in [2.05, 4.69) is 39.7 Å². The number of nitrogens with zero attached hydrogens (tertiary/aromatic N) is 6. The molecule has 0 aliphatic heterocycles. The molecule has 92 valence electrons. The third kappa shape index (κ3) is 4.82. The van der Waals surface area contributed by atoms with E-state index in [4.69, 9.17) is 15.5 Å². The molecule has 0 fully saturated rings. The summed E-state index contributed by atoms with van der Waals surface area (Å²) < 4.78 is 5.87. The predicted octanol–water partition coefficient (Wildman–Crippen LogP) is 3.87. The topological polar surface area (TPSA) is 107 Å². The molecule has 0 unspecified atom stereocenters. The molecule has 0 bridgehead atoms. The molecule has 0 spiro atoms. The van der Waals surface area contributed by atoms with E-state index in [1.165, 1.54) is 0 Å². The van der Waals surface area contributed by atoms with Gasteiger partial charge in [-0.1, -0.05) is 10.2 Å². The second-order valence-corrected chi connectivity index (χ2v) is 9.35. The fourth-order valence-corrected chi connectivity index (χ4v) is 2.66. The van der Waals surface area contributed by atoms with Gasteiger partial charge in [0.25, 0.3) is 0 Å².